The van der Waals surface area contributed by atoms with E-state index in [1.54, 1.807) is 0 Å². The van der Waals surface area contributed by atoms with E-state index in [9.17, 15) is 4.79 Å². The van der Waals surface area contributed by atoms with Gasteiger partial charge in [0.2, 0.25) is 0 Å². The minimum absolute atomic E-state index is 0.172. The van der Waals surface area contributed by atoms with Gasteiger partial charge in [0.15, 0.2) is 0 Å². The Hall–Kier alpha value is -1.16. The SMILES string of the molecule is NCCC1CCc2[nH]c(=O)nc(C3CC3)c21. The highest BCUT2D eigenvalue weighted by Crippen LogP contribution is 2.45. The van der Waals surface area contributed by atoms with Crippen LogP contribution in [-0.4, -0.2) is 16.5 Å². The van der Waals surface area contributed by atoms with E-state index >= 15 is 0 Å². The average molecular weight is 219 g/mol. The fraction of sp³-hybridized carbons (Fsp3) is 0.667. The van der Waals surface area contributed by atoms with Gasteiger partial charge in [0.1, 0.15) is 0 Å². The Labute approximate surface area is 94.3 Å². The van der Waals surface area contributed by atoms with Crippen molar-refractivity contribution in [3.63, 3.8) is 0 Å². The van der Waals surface area contributed by atoms with Crippen LogP contribution in [0.2, 0.25) is 0 Å². The summed E-state index contributed by atoms with van der Waals surface area (Å²) >= 11 is 0. The van der Waals surface area contributed by atoms with Crippen molar-refractivity contribution in [2.24, 2.45) is 5.73 Å². The minimum Gasteiger partial charge on any atom is -0.330 e. The first-order chi connectivity index (χ1) is 7.79. The molecule has 4 heteroatoms. The second-order valence-corrected chi connectivity index (χ2v) is 4.91. The van der Waals surface area contributed by atoms with Crippen LogP contribution in [0.5, 0.6) is 0 Å². The molecule has 86 valence electrons. The number of aryl methyl sites for hydroxylation is 1. The zero-order valence-corrected chi connectivity index (χ0v) is 9.33. The Bertz CT molecular complexity index is 462. The molecular weight excluding hydrogens is 202 g/mol. The molecule has 1 aromatic rings. The topological polar surface area (TPSA) is 71.8 Å². The second-order valence-electron chi connectivity index (χ2n) is 4.91. The van der Waals surface area contributed by atoms with Crippen LogP contribution in [0.3, 0.4) is 0 Å². The predicted octanol–water partition coefficient (Wildman–Crippen LogP) is 1.03. The van der Waals surface area contributed by atoms with E-state index in [4.69, 9.17) is 5.73 Å². The molecule has 0 aliphatic heterocycles. The number of rotatable bonds is 3. The van der Waals surface area contributed by atoms with E-state index < -0.39 is 0 Å². The number of nitrogens with zero attached hydrogens (tertiary/aromatic N) is 1. The fourth-order valence-electron chi connectivity index (χ4n) is 2.82. The lowest BCUT2D eigenvalue weighted by atomic mass is 9.96. The maximum Gasteiger partial charge on any atom is 0.345 e. The van der Waals surface area contributed by atoms with Crippen LogP contribution in [0.15, 0.2) is 4.79 Å². The van der Waals surface area contributed by atoms with Gasteiger partial charge in [-0.1, -0.05) is 0 Å². The van der Waals surface area contributed by atoms with Gasteiger partial charge in [0, 0.05) is 11.6 Å². The summed E-state index contributed by atoms with van der Waals surface area (Å²) in [5, 5.41) is 0. The van der Waals surface area contributed by atoms with Gasteiger partial charge in [0.05, 0.1) is 5.69 Å². The predicted molar refractivity (Wildman–Crippen MR) is 61.6 cm³/mol. The molecule has 1 atom stereocenters. The van der Waals surface area contributed by atoms with Crippen molar-refractivity contribution >= 4 is 0 Å². The van der Waals surface area contributed by atoms with Crippen LogP contribution >= 0.6 is 0 Å². The minimum atomic E-state index is -0.172. The van der Waals surface area contributed by atoms with Crippen molar-refractivity contribution in [1.82, 2.24) is 9.97 Å². The van der Waals surface area contributed by atoms with E-state index in [1.165, 1.54) is 18.4 Å². The zero-order chi connectivity index (χ0) is 11.1. The Morgan fingerprint density at radius 1 is 1.38 bits per heavy atom. The molecule has 0 bridgehead atoms. The number of aromatic amines is 1. The van der Waals surface area contributed by atoms with Crippen LogP contribution in [0.1, 0.15) is 54.5 Å². The molecule has 16 heavy (non-hydrogen) atoms. The molecule has 0 saturated heterocycles. The number of H-pyrrole nitrogens is 1. The molecular formula is C12H17N3O. The molecule has 1 unspecified atom stereocenters. The smallest absolute Gasteiger partial charge is 0.330 e. The number of hydrogen-bond acceptors (Lipinski definition) is 3. The van der Waals surface area contributed by atoms with Gasteiger partial charge in [-0.25, -0.2) is 4.79 Å². The highest BCUT2D eigenvalue weighted by molar-refractivity contribution is 5.37. The Morgan fingerprint density at radius 3 is 2.88 bits per heavy atom. The van der Waals surface area contributed by atoms with Crippen molar-refractivity contribution < 1.29 is 0 Å². The maximum absolute atomic E-state index is 11.5. The summed E-state index contributed by atoms with van der Waals surface area (Å²) in [6.07, 6.45) is 5.50. The Kier molecular flexibility index (Phi) is 2.32. The van der Waals surface area contributed by atoms with Gasteiger partial charge in [0.25, 0.3) is 0 Å². The molecule has 1 saturated carbocycles. The largest absolute Gasteiger partial charge is 0.345 e. The first-order valence-corrected chi connectivity index (χ1v) is 6.12. The molecule has 0 radical (unpaired) electrons. The van der Waals surface area contributed by atoms with Crippen LogP contribution in [0.25, 0.3) is 0 Å². The summed E-state index contributed by atoms with van der Waals surface area (Å²) in [7, 11) is 0. The number of fused-ring (bicyclic) bond motifs is 1. The van der Waals surface area contributed by atoms with E-state index in [0.717, 1.165) is 30.7 Å². The van der Waals surface area contributed by atoms with E-state index in [0.29, 0.717) is 18.4 Å². The molecule has 2 aliphatic rings. The quantitative estimate of drug-likeness (QED) is 0.797. The zero-order valence-electron chi connectivity index (χ0n) is 9.33. The standard InChI is InChI=1S/C12H17N3O/c13-6-5-7-3-4-9-10(7)11(8-1-2-8)15-12(16)14-9/h7-8H,1-6,13H2,(H,14,15,16). The average Bonchev–Trinajstić information content (AvgIpc) is 3.02. The van der Waals surface area contributed by atoms with Gasteiger partial charge in [-0.05, 0) is 50.1 Å². The van der Waals surface area contributed by atoms with Crippen LogP contribution in [-0.2, 0) is 6.42 Å². The summed E-state index contributed by atoms with van der Waals surface area (Å²) in [6, 6.07) is 0. The lowest BCUT2D eigenvalue weighted by Gasteiger charge is -2.13. The molecule has 0 aromatic carbocycles. The van der Waals surface area contributed by atoms with Crippen molar-refractivity contribution in [1.29, 1.82) is 0 Å². The summed E-state index contributed by atoms with van der Waals surface area (Å²) < 4.78 is 0. The molecule has 2 aliphatic carbocycles. The van der Waals surface area contributed by atoms with E-state index in [1.807, 2.05) is 0 Å². The lowest BCUT2D eigenvalue weighted by molar-refractivity contribution is 0.620. The van der Waals surface area contributed by atoms with Crippen LogP contribution in [0.4, 0.5) is 0 Å². The van der Waals surface area contributed by atoms with Gasteiger partial charge in [-0.2, -0.15) is 4.98 Å². The molecule has 1 fully saturated rings. The third kappa shape index (κ3) is 1.57. The molecule has 3 rings (SSSR count). The van der Waals surface area contributed by atoms with Crippen LogP contribution < -0.4 is 11.4 Å². The van der Waals surface area contributed by atoms with Gasteiger partial charge in [-0.3, -0.25) is 0 Å². The summed E-state index contributed by atoms with van der Waals surface area (Å²) in [6.45, 7) is 0.716. The molecule has 1 heterocycles. The van der Waals surface area contributed by atoms with Gasteiger partial charge >= 0.3 is 5.69 Å². The Morgan fingerprint density at radius 2 is 2.19 bits per heavy atom. The van der Waals surface area contributed by atoms with Gasteiger partial charge in [-0.15, -0.1) is 0 Å². The van der Waals surface area contributed by atoms with Crippen molar-refractivity contribution in [2.75, 3.05) is 6.54 Å². The summed E-state index contributed by atoms with van der Waals surface area (Å²) in [5.74, 6) is 1.08. The highest BCUT2D eigenvalue weighted by atomic mass is 16.1. The third-order valence-electron chi connectivity index (χ3n) is 3.71. The normalized spacial score (nSPS) is 23.4. The fourth-order valence-corrected chi connectivity index (χ4v) is 2.82. The first kappa shape index (κ1) is 10.0. The van der Waals surface area contributed by atoms with Crippen molar-refractivity contribution in [3.05, 3.63) is 27.4 Å². The lowest BCUT2D eigenvalue weighted by Crippen LogP contribution is -2.17. The Balaban J connectivity index is 2.07. The van der Waals surface area contributed by atoms with Gasteiger partial charge < -0.3 is 10.7 Å². The molecule has 1 aromatic heterocycles. The molecule has 0 amide bonds. The number of nitrogens with two attached hydrogens (primary N) is 1. The first-order valence-electron chi connectivity index (χ1n) is 6.12. The summed E-state index contributed by atoms with van der Waals surface area (Å²) in [5.41, 5.74) is 9.00. The maximum atomic E-state index is 11.5. The number of nitrogens with one attached hydrogen (secondary N) is 1. The molecule has 0 spiro atoms. The van der Waals surface area contributed by atoms with E-state index in [2.05, 4.69) is 9.97 Å². The molecule has 3 N–H and O–H groups in total. The number of hydrogen-bond donors (Lipinski definition) is 2. The van der Waals surface area contributed by atoms with Crippen molar-refractivity contribution in [3.8, 4) is 0 Å². The monoisotopic (exact) mass is 219 g/mol. The highest BCUT2D eigenvalue weighted by Gasteiger charge is 2.34. The van der Waals surface area contributed by atoms with E-state index in [-0.39, 0.29) is 5.69 Å². The number of aromatic nitrogens is 2. The van der Waals surface area contributed by atoms with Crippen molar-refractivity contribution in [2.45, 2.75) is 43.9 Å². The molecule has 4 nitrogen and oxygen atoms in total. The second kappa shape index (κ2) is 3.70. The summed E-state index contributed by atoms with van der Waals surface area (Å²) in [4.78, 5) is 18.5. The third-order valence-corrected chi connectivity index (χ3v) is 3.71. The van der Waals surface area contributed by atoms with Crippen LogP contribution in [0, 0.1) is 0 Å².